The summed E-state index contributed by atoms with van der Waals surface area (Å²) in [6.45, 7) is 2.28. The smallest absolute Gasteiger partial charge is 0.261 e. The number of rotatable bonds is 5. The zero-order valence-electron chi connectivity index (χ0n) is 15.4. The molecule has 2 bridgehead atoms. The van der Waals surface area contributed by atoms with Crippen LogP contribution in [-0.4, -0.2) is 52.5 Å². The number of carbonyl (C=O) groups excluding carboxylic acids is 1. The lowest BCUT2D eigenvalue weighted by Gasteiger charge is -2.41. The lowest BCUT2D eigenvalue weighted by Crippen LogP contribution is -2.56. The number of hydrogen-bond donors (Lipinski definition) is 1. The van der Waals surface area contributed by atoms with Crippen LogP contribution in [-0.2, 0) is 11.3 Å². The van der Waals surface area contributed by atoms with Crippen molar-refractivity contribution in [1.29, 1.82) is 0 Å². The normalized spacial score (nSPS) is 21.7. The number of nitrogens with zero attached hydrogens (tertiary/aromatic N) is 3. The summed E-state index contributed by atoms with van der Waals surface area (Å²) in [5, 5.41) is 0.423. The third kappa shape index (κ3) is 4.05. The summed E-state index contributed by atoms with van der Waals surface area (Å²) in [6, 6.07) is 8.48. The molecule has 2 N–H and O–H groups in total. The van der Waals surface area contributed by atoms with Crippen molar-refractivity contribution in [3.63, 3.8) is 0 Å². The van der Waals surface area contributed by atoms with E-state index in [2.05, 4.69) is 9.88 Å². The average molecular weight is 405 g/mol. The van der Waals surface area contributed by atoms with Crippen LogP contribution >= 0.6 is 11.6 Å². The number of carbonyl (C=O) groups is 1. The number of likely N-dealkylation sites (tertiary alicyclic amines) is 1. The minimum atomic E-state index is -0.227. The van der Waals surface area contributed by atoms with E-state index < -0.39 is 0 Å². The molecule has 3 heterocycles. The Bertz CT molecular complexity index is 850. The SMILES string of the molecule is Nc1cc(Cl)cnc1OCC(=O)N1C2CCC1CN(Cc1ccc(F)cc1)C2. The fourth-order valence-corrected chi connectivity index (χ4v) is 4.31. The van der Waals surface area contributed by atoms with Gasteiger partial charge in [-0.2, -0.15) is 0 Å². The molecule has 0 radical (unpaired) electrons. The summed E-state index contributed by atoms with van der Waals surface area (Å²) in [7, 11) is 0. The molecule has 1 aromatic heterocycles. The van der Waals surface area contributed by atoms with Gasteiger partial charge in [0, 0.05) is 37.9 Å². The van der Waals surface area contributed by atoms with Crippen LogP contribution in [0, 0.1) is 5.82 Å². The summed E-state index contributed by atoms with van der Waals surface area (Å²) in [6.07, 6.45) is 3.41. The van der Waals surface area contributed by atoms with E-state index in [1.54, 1.807) is 6.07 Å². The van der Waals surface area contributed by atoms with Crippen molar-refractivity contribution < 1.29 is 13.9 Å². The van der Waals surface area contributed by atoms with E-state index >= 15 is 0 Å². The maximum atomic E-state index is 13.1. The molecule has 6 nitrogen and oxygen atoms in total. The fraction of sp³-hybridized carbons (Fsp3) is 0.400. The molecular formula is C20H22ClFN4O2. The quantitative estimate of drug-likeness (QED) is 0.829. The van der Waals surface area contributed by atoms with E-state index in [0.717, 1.165) is 38.0 Å². The van der Waals surface area contributed by atoms with Crippen LogP contribution < -0.4 is 10.5 Å². The Kier molecular flexibility index (Phi) is 5.37. The Morgan fingerprint density at radius 2 is 1.93 bits per heavy atom. The van der Waals surface area contributed by atoms with Crippen molar-refractivity contribution in [3.05, 3.63) is 52.9 Å². The second-order valence-corrected chi connectivity index (χ2v) is 7.78. The predicted molar refractivity (Wildman–Crippen MR) is 104 cm³/mol. The van der Waals surface area contributed by atoms with E-state index in [1.165, 1.54) is 18.3 Å². The second kappa shape index (κ2) is 7.93. The first-order valence-corrected chi connectivity index (χ1v) is 9.69. The van der Waals surface area contributed by atoms with Crippen LogP contribution in [0.4, 0.5) is 10.1 Å². The van der Waals surface area contributed by atoms with Gasteiger partial charge < -0.3 is 15.4 Å². The number of piperazine rings is 1. The Balaban J connectivity index is 1.35. The second-order valence-electron chi connectivity index (χ2n) is 7.34. The first-order valence-electron chi connectivity index (χ1n) is 9.31. The number of benzene rings is 1. The van der Waals surface area contributed by atoms with E-state index in [9.17, 15) is 9.18 Å². The van der Waals surface area contributed by atoms with Crippen LogP contribution in [0.3, 0.4) is 0 Å². The minimum Gasteiger partial charge on any atom is -0.466 e. The molecular weight excluding hydrogens is 383 g/mol. The van der Waals surface area contributed by atoms with Crippen molar-refractivity contribution in [2.24, 2.45) is 0 Å². The van der Waals surface area contributed by atoms with Gasteiger partial charge in [-0.05, 0) is 36.6 Å². The number of amides is 1. The van der Waals surface area contributed by atoms with Gasteiger partial charge in [0.2, 0.25) is 5.88 Å². The number of ether oxygens (including phenoxy) is 1. The van der Waals surface area contributed by atoms with Crippen molar-refractivity contribution in [3.8, 4) is 5.88 Å². The van der Waals surface area contributed by atoms with Gasteiger partial charge in [0.05, 0.1) is 10.7 Å². The highest BCUT2D eigenvalue weighted by Crippen LogP contribution is 2.31. The number of fused-ring (bicyclic) bond motifs is 2. The largest absolute Gasteiger partial charge is 0.466 e. The van der Waals surface area contributed by atoms with Crippen molar-refractivity contribution in [1.82, 2.24) is 14.8 Å². The zero-order valence-corrected chi connectivity index (χ0v) is 16.1. The molecule has 28 heavy (non-hydrogen) atoms. The van der Waals surface area contributed by atoms with Gasteiger partial charge in [0.1, 0.15) is 5.82 Å². The summed E-state index contributed by atoms with van der Waals surface area (Å²) < 4.78 is 18.6. The third-order valence-corrected chi connectivity index (χ3v) is 5.55. The Morgan fingerprint density at radius 1 is 1.25 bits per heavy atom. The van der Waals surface area contributed by atoms with E-state index in [4.69, 9.17) is 22.1 Å². The van der Waals surface area contributed by atoms with Crippen LogP contribution in [0.2, 0.25) is 5.02 Å². The molecule has 1 aromatic carbocycles. The molecule has 2 unspecified atom stereocenters. The minimum absolute atomic E-state index is 0.0508. The van der Waals surface area contributed by atoms with Gasteiger partial charge in [-0.1, -0.05) is 23.7 Å². The van der Waals surface area contributed by atoms with Crippen LogP contribution in [0.15, 0.2) is 36.5 Å². The lowest BCUT2D eigenvalue weighted by atomic mass is 10.1. The summed E-state index contributed by atoms with van der Waals surface area (Å²) in [5.41, 5.74) is 7.22. The van der Waals surface area contributed by atoms with E-state index in [-0.39, 0.29) is 36.3 Å². The van der Waals surface area contributed by atoms with Crippen LogP contribution in [0.5, 0.6) is 5.88 Å². The molecule has 1 amide bonds. The number of hydrogen-bond acceptors (Lipinski definition) is 5. The molecule has 148 valence electrons. The van der Waals surface area contributed by atoms with Gasteiger partial charge in [-0.25, -0.2) is 9.37 Å². The first kappa shape index (κ1) is 19.0. The highest BCUT2D eigenvalue weighted by atomic mass is 35.5. The topological polar surface area (TPSA) is 71.7 Å². The van der Waals surface area contributed by atoms with Gasteiger partial charge in [-0.3, -0.25) is 9.69 Å². The summed E-state index contributed by atoms with van der Waals surface area (Å²) in [5.74, 6) is -0.0554. The van der Waals surface area contributed by atoms with Gasteiger partial charge in [0.25, 0.3) is 5.91 Å². The fourth-order valence-electron chi connectivity index (χ4n) is 4.14. The van der Waals surface area contributed by atoms with Gasteiger partial charge >= 0.3 is 0 Å². The molecule has 0 spiro atoms. The summed E-state index contributed by atoms with van der Waals surface area (Å²) >= 11 is 5.83. The Labute approximate surface area is 168 Å². The number of nitrogens with two attached hydrogens (primary N) is 1. The van der Waals surface area contributed by atoms with Crippen molar-refractivity contribution >= 4 is 23.2 Å². The number of nitrogen functional groups attached to an aromatic ring is 1. The molecule has 2 aliphatic heterocycles. The summed E-state index contributed by atoms with van der Waals surface area (Å²) in [4.78, 5) is 21.1. The molecule has 4 rings (SSSR count). The van der Waals surface area contributed by atoms with Crippen LogP contribution in [0.1, 0.15) is 18.4 Å². The molecule has 8 heteroatoms. The maximum Gasteiger partial charge on any atom is 0.261 e. The number of aromatic nitrogens is 1. The zero-order chi connectivity index (χ0) is 19.7. The predicted octanol–water partition coefficient (Wildman–Crippen LogP) is 2.71. The monoisotopic (exact) mass is 404 g/mol. The number of anilines is 1. The highest BCUT2D eigenvalue weighted by molar-refractivity contribution is 6.30. The van der Waals surface area contributed by atoms with E-state index in [1.807, 2.05) is 17.0 Å². The standard InChI is InChI=1S/C20H22ClFN4O2/c21-14-7-18(23)20(24-8-14)28-12-19(27)26-16-5-6-17(26)11-25(10-16)9-13-1-3-15(22)4-2-13/h1-4,7-8,16-17H,5-6,9-12,23H2. The molecule has 2 atom stereocenters. The Morgan fingerprint density at radius 3 is 2.57 bits per heavy atom. The third-order valence-electron chi connectivity index (χ3n) is 5.34. The van der Waals surface area contributed by atoms with Crippen molar-refractivity contribution in [2.75, 3.05) is 25.4 Å². The number of halogens is 2. The van der Waals surface area contributed by atoms with E-state index in [0.29, 0.717) is 10.7 Å². The average Bonchev–Trinajstić information content (AvgIpc) is 2.93. The van der Waals surface area contributed by atoms with Crippen LogP contribution in [0.25, 0.3) is 0 Å². The highest BCUT2D eigenvalue weighted by Gasteiger charge is 2.42. The van der Waals surface area contributed by atoms with Gasteiger partial charge in [0.15, 0.2) is 6.61 Å². The molecule has 0 saturated carbocycles. The Hall–Kier alpha value is -2.38. The maximum absolute atomic E-state index is 13.1. The molecule has 2 fully saturated rings. The molecule has 2 aliphatic rings. The lowest BCUT2D eigenvalue weighted by molar-refractivity contribution is -0.139. The molecule has 2 aromatic rings. The molecule has 2 saturated heterocycles. The van der Waals surface area contributed by atoms with Gasteiger partial charge in [-0.15, -0.1) is 0 Å². The van der Waals surface area contributed by atoms with Crippen molar-refractivity contribution in [2.45, 2.75) is 31.5 Å². The number of pyridine rings is 1. The first-order chi connectivity index (χ1) is 13.5. The molecule has 0 aliphatic carbocycles.